The Kier molecular flexibility index (Phi) is 8.37. The van der Waals surface area contributed by atoms with Crippen molar-refractivity contribution in [3.63, 3.8) is 0 Å². The van der Waals surface area contributed by atoms with Crippen LogP contribution in [0.5, 0.6) is 5.75 Å². The number of aliphatic hydroxyl groups excluding tert-OH is 1. The Bertz CT molecular complexity index is 959. The van der Waals surface area contributed by atoms with E-state index in [-0.39, 0.29) is 27.7 Å². The maximum absolute atomic E-state index is 9.15. The molecule has 6 nitrogen and oxygen atoms in total. The number of benzene rings is 2. The van der Waals surface area contributed by atoms with Gasteiger partial charge in [-0.1, -0.05) is 5.56 Å². The van der Waals surface area contributed by atoms with Gasteiger partial charge in [0.2, 0.25) is 0 Å². The normalized spacial score (nSPS) is 9.93. The Hall–Kier alpha value is -2.69. The van der Waals surface area contributed by atoms with Gasteiger partial charge in [-0.15, -0.1) is 59.7 Å². The number of aliphatic hydroxyl groups is 1. The largest absolute Gasteiger partial charge is 0.540 e. The molecule has 0 unspecified atom stereocenters. The molecule has 0 aliphatic heterocycles. The van der Waals surface area contributed by atoms with Crippen molar-refractivity contribution in [2.75, 3.05) is 7.11 Å². The predicted octanol–water partition coefficient (Wildman–Crippen LogP) is 2.32. The van der Waals surface area contributed by atoms with Crippen LogP contribution >= 0.6 is 0 Å². The van der Waals surface area contributed by atoms with E-state index in [1.807, 2.05) is 72.0 Å². The van der Waals surface area contributed by atoms with Crippen molar-refractivity contribution >= 4 is 0 Å². The van der Waals surface area contributed by atoms with E-state index in [1.54, 1.807) is 19.5 Å². The molecule has 29 heavy (non-hydrogen) atoms. The van der Waals surface area contributed by atoms with Crippen LogP contribution in [-0.2, 0) is 41.8 Å². The molecule has 0 aliphatic carbocycles. The first-order valence-electron chi connectivity index (χ1n) is 8.76. The van der Waals surface area contributed by atoms with E-state index in [1.165, 1.54) is 0 Å². The quantitative estimate of drug-likeness (QED) is 0.303. The van der Waals surface area contributed by atoms with Crippen molar-refractivity contribution < 1.29 is 35.5 Å². The number of hydrogen-bond donors (Lipinski definition) is 1. The Morgan fingerprint density at radius 3 is 2.52 bits per heavy atom. The average molecular weight is 570 g/mol. The van der Waals surface area contributed by atoms with E-state index in [0.717, 1.165) is 34.1 Å². The zero-order valence-corrected chi connectivity index (χ0v) is 18.7. The van der Waals surface area contributed by atoms with Crippen LogP contribution in [0.25, 0.3) is 22.8 Å². The van der Waals surface area contributed by atoms with Gasteiger partial charge in [-0.2, -0.15) is 0 Å². The van der Waals surface area contributed by atoms with Crippen molar-refractivity contribution in [3.05, 3.63) is 78.9 Å². The minimum Gasteiger partial charge on any atom is -0.540 e. The number of imidazole rings is 2. The maximum Gasteiger partial charge on any atom is 0.0647 e. The average Bonchev–Trinajstić information content (AvgIpc) is 3.36. The molecule has 0 spiro atoms. The summed E-state index contributed by atoms with van der Waals surface area (Å²) in [7, 11) is 5.52. The minimum atomic E-state index is 0. The Labute approximate surface area is 185 Å². The molecular weight excluding hydrogens is 547 g/mol. The first kappa shape index (κ1) is 22.6. The van der Waals surface area contributed by atoms with Gasteiger partial charge in [0.05, 0.1) is 18.8 Å². The number of hydrogen-bond acceptors (Lipinski definition) is 3. The molecule has 0 fully saturated rings. The summed E-state index contributed by atoms with van der Waals surface area (Å²) in [6, 6.07) is 17.4. The zero-order chi connectivity index (χ0) is 19.9. The van der Waals surface area contributed by atoms with Gasteiger partial charge >= 0.3 is 0 Å². The molecular formula is C22H22N4O2Pt-2. The van der Waals surface area contributed by atoms with E-state index in [2.05, 4.69) is 22.1 Å². The van der Waals surface area contributed by atoms with Crippen molar-refractivity contribution in [2.24, 2.45) is 14.1 Å². The zero-order valence-electron chi connectivity index (χ0n) is 16.4. The second kappa shape index (κ2) is 10.7. The first-order chi connectivity index (χ1) is 13.7. The molecule has 0 aliphatic rings. The van der Waals surface area contributed by atoms with E-state index < -0.39 is 0 Å². The van der Waals surface area contributed by atoms with E-state index in [0.29, 0.717) is 0 Å². The smallest absolute Gasteiger partial charge is 0.0647 e. The molecule has 0 radical (unpaired) electrons. The number of aromatic nitrogens is 4. The summed E-state index contributed by atoms with van der Waals surface area (Å²) in [5, 5.41) is 9.15. The summed E-state index contributed by atoms with van der Waals surface area (Å²) < 4.78 is 9.09. The number of rotatable bonds is 4. The van der Waals surface area contributed by atoms with Crippen LogP contribution in [0.4, 0.5) is 0 Å². The summed E-state index contributed by atoms with van der Waals surface area (Å²) >= 11 is 0. The Morgan fingerprint density at radius 1 is 1.21 bits per heavy atom. The molecule has 0 saturated carbocycles. The van der Waals surface area contributed by atoms with Crippen molar-refractivity contribution in [3.8, 4) is 28.5 Å². The van der Waals surface area contributed by atoms with Crippen LogP contribution in [0.1, 0.15) is 5.56 Å². The summed E-state index contributed by atoms with van der Waals surface area (Å²) in [6.45, 7) is 0.0134. The number of ether oxygens (including phenoxy) is 1. The van der Waals surface area contributed by atoms with Crippen LogP contribution in [0, 0.1) is 12.1 Å². The summed E-state index contributed by atoms with van der Waals surface area (Å²) in [5.41, 5.74) is 2.60. The van der Waals surface area contributed by atoms with Crippen molar-refractivity contribution in [1.29, 1.82) is 0 Å². The van der Waals surface area contributed by atoms with E-state index in [4.69, 9.17) is 9.84 Å². The van der Waals surface area contributed by atoms with Gasteiger partial charge in [0.25, 0.3) is 0 Å². The van der Waals surface area contributed by atoms with Crippen LogP contribution in [-0.4, -0.2) is 21.8 Å². The number of aryl methyl sites for hydroxylation is 2. The fourth-order valence-electron chi connectivity index (χ4n) is 2.79. The molecule has 0 amide bonds. The number of nitrogens with zero attached hydrogens (tertiary/aromatic N) is 4. The van der Waals surface area contributed by atoms with Gasteiger partial charge < -0.3 is 19.0 Å². The minimum absolute atomic E-state index is 0. The van der Waals surface area contributed by atoms with Crippen molar-refractivity contribution in [1.82, 2.24) is 14.5 Å². The topological polar surface area (TPSA) is 65.3 Å². The molecule has 0 bridgehead atoms. The Morgan fingerprint density at radius 2 is 1.93 bits per heavy atom. The summed E-state index contributed by atoms with van der Waals surface area (Å²) in [5.74, 6) is 2.49. The molecule has 1 N–H and O–H groups in total. The van der Waals surface area contributed by atoms with Crippen LogP contribution in [0.3, 0.4) is 0 Å². The van der Waals surface area contributed by atoms with Gasteiger partial charge in [0.1, 0.15) is 0 Å². The van der Waals surface area contributed by atoms with Crippen LogP contribution in [0.2, 0.25) is 0 Å². The maximum atomic E-state index is 9.15. The third-order valence-electron chi connectivity index (χ3n) is 4.24. The second-order valence-corrected chi connectivity index (χ2v) is 6.07. The first-order valence-corrected chi connectivity index (χ1v) is 8.76. The fourth-order valence-corrected chi connectivity index (χ4v) is 2.79. The summed E-state index contributed by atoms with van der Waals surface area (Å²) in [6.07, 6.45) is 7.26. The van der Waals surface area contributed by atoms with Gasteiger partial charge in [0, 0.05) is 72.3 Å². The predicted molar refractivity (Wildman–Crippen MR) is 105 cm³/mol. The van der Waals surface area contributed by atoms with E-state index >= 15 is 0 Å². The Balaban J connectivity index is 0.000000200. The molecule has 0 saturated heterocycles. The molecule has 2 aromatic heterocycles. The van der Waals surface area contributed by atoms with Crippen molar-refractivity contribution in [2.45, 2.75) is 6.61 Å². The molecule has 2 aromatic carbocycles. The molecule has 4 aromatic rings. The second-order valence-electron chi connectivity index (χ2n) is 6.07. The van der Waals surface area contributed by atoms with Crippen LogP contribution < -0.4 is 14.3 Å². The fraction of sp³-hybridized carbons (Fsp3) is 0.182. The molecule has 4 rings (SSSR count). The van der Waals surface area contributed by atoms with E-state index in [9.17, 15) is 0 Å². The standard InChI is InChI=1S/2C11H11N2O.Pt/c1-13-8-7-12-11(13)9-5-3-4-6-10(9)14-2;1-13-7-6-12-11(13)10-5-3-2-4-9(10)8-14;/h3-4,6-8H,1-2H3;2-4,6-7,14H,8H2,1H3;/q2*-1;. The molecule has 2 heterocycles. The van der Waals surface area contributed by atoms with Crippen LogP contribution in [0.15, 0.2) is 61.2 Å². The molecule has 154 valence electrons. The third kappa shape index (κ3) is 5.22. The van der Waals surface area contributed by atoms with Gasteiger partial charge in [-0.05, 0) is 0 Å². The van der Waals surface area contributed by atoms with Gasteiger partial charge in [-0.3, -0.25) is 9.97 Å². The van der Waals surface area contributed by atoms with Gasteiger partial charge in [0.15, 0.2) is 0 Å². The molecule has 0 atom stereocenters. The number of methoxy groups -OCH3 is 1. The third-order valence-corrected chi connectivity index (χ3v) is 4.24. The monoisotopic (exact) mass is 569 g/mol. The summed E-state index contributed by atoms with van der Waals surface area (Å²) in [4.78, 5) is 8.46. The molecule has 7 heteroatoms. The van der Waals surface area contributed by atoms with Gasteiger partial charge in [-0.25, -0.2) is 0 Å². The SMILES string of the molecule is COc1ccc[c-]c1-c1[n-]cc[n+]1C.Cn1ccnc1-c1[c-]cccc1CO.[Pt].